The summed E-state index contributed by atoms with van der Waals surface area (Å²) < 4.78 is 5.04. The Morgan fingerprint density at radius 3 is 2.57 bits per heavy atom. The number of rotatable bonds is 7. The van der Waals surface area contributed by atoms with Crippen LogP contribution < -0.4 is 4.74 Å². The monoisotopic (exact) mass is 296 g/mol. The summed E-state index contributed by atoms with van der Waals surface area (Å²) in [5, 5.41) is 19.5. The van der Waals surface area contributed by atoms with Crippen LogP contribution >= 0.6 is 0 Å². The van der Waals surface area contributed by atoms with E-state index in [1.807, 2.05) is 0 Å². The Labute approximate surface area is 121 Å². The standard InChI is InChI=1S/C13H16N2O6/c1-3-14(7-6-12(16)17)13(18)10-8-9(15(19)20)4-5-11(10)21-2/h4-5,8H,3,6-7H2,1-2H3,(H,16,17). The van der Waals surface area contributed by atoms with Gasteiger partial charge in [0, 0.05) is 25.2 Å². The lowest BCUT2D eigenvalue weighted by atomic mass is 10.1. The van der Waals surface area contributed by atoms with Crippen LogP contribution in [0.5, 0.6) is 5.75 Å². The van der Waals surface area contributed by atoms with Crippen LogP contribution in [0, 0.1) is 10.1 Å². The second-order valence-corrected chi connectivity index (χ2v) is 4.17. The maximum absolute atomic E-state index is 12.4. The largest absolute Gasteiger partial charge is 0.496 e. The summed E-state index contributed by atoms with van der Waals surface area (Å²) in [6.07, 6.45) is -0.198. The van der Waals surface area contributed by atoms with Crippen molar-refractivity contribution in [2.24, 2.45) is 0 Å². The molecule has 0 aliphatic carbocycles. The van der Waals surface area contributed by atoms with Crippen molar-refractivity contribution in [3.8, 4) is 5.75 Å². The van der Waals surface area contributed by atoms with Crippen LogP contribution in [0.25, 0.3) is 0 Å². The minimum Gasteiger partial charge on any atom is -0.496 e. The van der Waals surface area contributed by atoms with Gasteiger partial charge in [-0.15, -0.1) is 0 Å². The fourth-order valence-electron chi connectivity index (χ4n) is 1.78. The molecule has 0 aliphatic rings. The molecule has 21 heavy (non-hydrogen) atoms. The zero-order valence-corrected chi connectivity index (χ0v) is 11.7. The Morgan fingerprint density at radius 1 is 1.43 bits per heavy atom. The molecule has 0 saturated heterocycles. The molecule has 1 aromatic rings. The Kier molecular flexibility index (Phi) is 5.65. The first-order valence-corrected chi connectivity index (χ1v) is 6.24. The third-order valence-corrected chi connectivity index (χ3v) is 2.89. The van der Waals surface area contributed by atoms with Crippen molar-refractivity contribution in [2.45, 2.75) is 13.3 Å². The number of ether oxygens (including phenoxy) is 1. The molecule has 0 heterocycles. The Hall–Kier alpha value is -2.64. The maximum atomic E-state index is 12.4. The molecule has 0 atom stereocenters. The van der Waals surface area contributed by atoms with Gasteiger partial charge in [0.05, 0.1) is 24.0 Å². The van der Waals surface area contributed by atoms with Crippen LogP contribution in [-0.4, -0.2) is 47.0 Å². The van der Waals surface area contributed by atoms with Gasteiger partial charge >= 0.3 is 5.97 Å². The van der Waals surface area contributed by atoms with Crippen molar-refractivity contribution in [2.75, 3.05) is 20.2 Å². The Morgan fingerprint density at radius 2 is 2.10 bits per heavy atom. The second-order valence-electron chi connectivity index (χ2n) is 4.17. The summed E-state index contributed by atoms with van der Waals surface area (Å²) >= 11 is 0. The molecule has 1 aromatic carbocycles. The molecule has 1 amide bonds. The van der Waals surface area contributed by atoms with Gasteiger partial charge in [-0.3, -0.25) is 19.7 Å². The molecule has 0 aliphatic heterocycles. The van der Waals surface area contributed by atoms with E-state index < -0.39 is 16.8 Å². The number of non-ortho nitro benzene ring substituents is 1. The van der Waals surface area contributed by atoms with Gasteiger partial charge in [0.15, 0.2) is 0 Å². The van der Waals surface area contributed by atoms with Gasteiger partial charge in [-0.2, -0.15) is 0 Å². The van der Waals surface area contributed by atoms with E-state index >= 15 is 0 Å². The van der Waals surface area contributed by atoms with Crippen molar-refractivity contribution in [3.05, 3.63) is 33.9 Å². The molecule has 0 saturated carbocycles. The lowest BCUT2D eigenvalue weighted by Gasteiger charge is -2.21. The minimum atomic E-state index is -1.02. The zero-order valence-electron chi connectivity index (χ0n) is 11.7. The predicted molar refractivity (Wildman–Crippen MR) is 73.5 cm³/mol. The van der Waals surface area contributed by atoms with Crippen LogP contribution in [-0.2, 0) is 4.79 Å². The Bertz CT molecular complexity index is 558. The number of carbonyl (C=O) groups excluding carboxylic acids is 1. The Balaban J connectivity index is 3.10. The summed E-state index contributed by atoms with van der Waals surface area (Å²) in [7, 11) is 1.35. The number of amides is 1. The summed E-state index contributed by atoms with van der Waals surface area (Å²) in [6, 6.07) is 3.71. The minimum absolute atomic E-state index is 0.0243. The molecule has 1 rings (SSSR count). The first-order chi connectivity index (χ1) is 9.90. The third-order valence-electron chi connectivity index (χ3n) is 2.89. The fourth-order valence-corrected chi connectivity index (χ4v) is 1.78. The van der Waals surface area contributed by atoms with E-state index in [4.69, 9.17) is 9.84 Å². The molecule has 1 N–H and O–H groups in total. The molecule has 0 bridgehead atoms. The molecular weight excluding hydrogens is 280 g/mol. The van der Waals surface area contributed by atoms with Gasteiger partial charge in [0.25, 0.3) is 11.6 Å². The smallest absolute Gasteiger partial charge is 0.305 e. The molecule has 0 spiro atoms. The van der Waals surface area contributed by atoms with E-state index in [2.05, 4.69) is 0 Å². The van der Waals surface area contributed by atoms with Crippen LogP contribution in [0.3, 0.4) is 0 Å². The summed E-state index contributed by atoms with van der Waals surface area (Å²) in [4.78, 5) is 34.5. The number of carboxylic acid groups (broad SMARTS) is 1. The first-order valence-electron chi connectivity index (χ1n) is 6.24. The number of aliphatic carboxylic acids is 1. The molecule has 8 nitrogen and oxygen atoms in total. The van der Waals surface area contributed by atoms with Crippen LogP contribution in [0.15, 0.2) is 18.2 Å². The molecule has 0 radical (unpaired) electrons. The highest BCUT2D eigenvalue weighted by Crippen LogP contribution is 2.25. The number of nitro benzene ring substituents is 1. The SMILES string of the molecule is CCN(CCC(=O)O)C(=O)c1cc([N+](=O)[O-])ccc1OC. The van der Waals surface area contributed by atoms with Gasteiger partial charge in [-0.1, -0.05) is 0 Å². The highest BCUT2D eigenvalue weighted by molar-refractivity contribution is 5.97. The van der Waals surface area contributed by atoms with Crippen LogP contribution in [0.2, 0.25) is 0 Å². The number of nitro groups is 1. The molecule has 0 unspecified atom stereocenters. The second kappa shape index (κ2) is 7.22. The maximum Gasteiger partial charge on any atom is 0.305 e. The van der Waals surface area contributed by atoms with Gasteiger partial charge in [0.1, 0.15) is 5.75 Å². The van der Waals surface area contributed by atoms with E-state index in [1.165, 1.54) is 24.1 Å². The van der Waals surface area contributed by atoms with Crippen LogP contribution in [0.1, 0.15) is 23.7 Å². The number of hydrogen-bond donors (Lipinski definition) is 1. The van der Waals surface area contributed by atoms with E-state index in [0.717, 1.165) is 6.07 Å². The number of methoxy groups -OCH3 is 1. The fraction of sp³-hybridized carbons (Fsp3) is 0.385. The van der Waals surface area contributed by atoms with E-state index in [-0.39, 0.29) is 36.5 Å². The summed E-state index contributed by atoms with van der Waals surface area (Å²) in [5.74, 6) is -1.31. The number of carbonyl (C=O) groups is 2. The average Bonchev–Trinajstić information content (AvgIpc) is 2.46. The van der Waals surface area contributed by atoms with Crippen molar-refractivity contribution in [1.82, 2.24) is 4.90 Å². The first kappa shape index (κ1) is 16.4. The van der Waals surface area contributed by atoms with Crippen molar-refractivity contribution in [1.29, 1.82) is 0 Å². The lowest BCUT2D eigenvalue weighted by Crippen LogP contribution is -2.33. The van der Waals surface area contributed by atoms with Crippen molar-refractivity contribution in [3.63, 3.8) is 0 Å². The molecule has 114 valence electrons. The highest BCUT2D eigenvalue weighted by atomic mass is 16.6. The number of benzene rings is 1. The highest BCUT2D eigenvalue weighted by Gasteiger charge is 2.22. The van der Waals surface area contributed by atoms with E-state index in [9.17, 15) is 19.7 Å². The molecule has 8 heteroatoms. The zero-order chi connectivity index (χ0) is 16.0. The van der Waals surface area contributed by atoms with Crippen molar-refractivity contribution >= 4 is 17.6 Å². The number of carboxylic acids is 1. The third kappa shape index (κ3) is 4.16. The molecular formula is C13H16N2O6. The van der Waals surface area contributed by atoms with Crippen LogP contribution in [0.4, 0.5) is 5.69 Å². The number of nitrogens with zero attached hydrogens (tertiary/aromatic N) is 2. The topological polar surface area (TPSA) is 110 Å². The quantitative estimate of drug-likeness (QED) is 0.603. The predicted octanol–water partition coefficient (Wildman–Crippen LogP) is 1.54. The van der Waals surface area contributed by atoms with Gasteiger partial charge in [-0.25, -0.2) is 0 Å². The van der Waals surface area contributed by atoms with Crippen molar-refractivity contribution < 1.29 is 24.4 Å². The number of hydrogen-bond acceptors (Lipinski definition) is 5. The van der Waals surface area contributed by atoms with Gasteiger partial charge in [-0.05, 0) is 13.0 Å². The van der Waals surface area contributed by atoms with Gasteiger partial charge < -0.3 is 14.7 Å². The molecule has 0 aromatic heterocycles. The lowest BCUT2D eigenvalue weighted by molar-refractivity contribution is -0.384. The summed E-state index contributed by atoms with van der Waals surface area (Å²) in [5.41, 5.74) is -0.188. The average molecular weight is 296 g/mol. The summed E-state index contributed by atoms with van der Waals surface area (Å²) in [6.45, 7) is 2.01. The van der Waals surface area contributed by atoms with E-state index in [1.54, 1.807) is 6.92 Å². The van der Waals surface area contributed by atoms with E-state index in [0.29, 0.717) is 0 Å². The normalized spacial score (nSPS) is 10.0. The van der Waals surface area contributed by atoms with Gasteiger partial charge in [0.2, 0.25) is 0 Å². The molecule has 0 fully saturated rings.